The molecule has 0 saturated heterocycles. The Morgan fingerprint density at radius 1 is 1.67 bits per heavy atom. The summed E-state index contributed by atoms with van der Waals surface area (Å²) in [6.07, 6.45) is 1.38. The number of rotatable bonds is 2. The summed E-state index contributed by atoms with van der Waals surface area (Å²) in [5.41, 5.74) is 1.49. The fourth-order valence-electron chi connectivity index (χ4n) is 1.16. The zero-order chi connectivity index (χ0) is 10.1. The molecule has 0 unspecified atom stereocenters. The average Bonchev–Trinajstić information content (AvgIpc) is 2.45. The Hall–Kier alpha value is -1.64. The van der Waals surface area contributed by atoms with Gasteiger partial charge in [-0.2, -0.15) is 0 Å². The minimum absolute atomic E-state index is 0.147. The molecule has 60 valence electrons. The highest BCUT2D eigenvalue weighted by molar-refractivity contribution is 5.67. The van der Waals surface area contributed by atoms with Crippen molar-refractivity contribution in [3.8, 4) is 11.4 Å². The summed E-state index contributed by atoms with van der Waals surface area (Å²) in [5.74, 6) is 0.499. The summed E-state index contributed by atoms with van der Waals surface area (Å²) in [4.78, 5) is 17.0. The SMILES string of the molecule is [3H]c1cc2c(CC=O)cc([3H])[nH]c-2n1. The van der Waals surface area contributed by atoms with E-state index >= 15 is 0 Å². The van der Waals surface area contributed by atoms with Crippen LogP contribution in [0.15, 0.2) is 24.5 Å². The molecule has 0 saturated carbocycles. The Kier molecular flexibility index (Phi) is 1.17. The number of nitrogens with zero attached hydrogens (tertiary/aromatic N) is 1. The Morgan fingerprint density at radius 3 is 3.42 bits per heavy atom. The quantitative estimate of drug-likeness (QED) is 0.679. The van der Waals surface area contributed by atoms with Crippen molar-refractivity contribution in [2.75, 3.05) is 0 Å². The monoisotopic (exact) mass is 164 g/mol. The number of aromatic nitrogens is 2. The van der Waals surface area contributed by atoms with E-state index in [0.717, 1.165) is 17.4 Å². The molecule has 3 nitrogen and oxygen atoms in total. The molecule has 0 spiro atoms. The largest absolute Gasteiger partial charge is 0.346 e. The minimum atomic E-state index is 0.147. The maximum atomic E-state index is 10.4. The molecule has 0 aromatic heterocycles. The van der Waals surface area contributed by atoms with Gasteiger partial charge in [-0.15, -0.1) is 0 Å². The fraction of sp³-hybridized carbons (Fsp3) is 0.111. The van der Waals surface area contributed by atoms with Crippen LogP contribution in [0.1, 0.15) is 8.30 Å². The number of H-pyrrole nitrogens is 1. The van der Waals surface area contributed by atoms with Crippen molar-refractivity contribution in [2.24, 2.45) is 0 Å². The Bertz CT molecular complexity index is 453. The second-order valence-corrected chi connectivity index (χ2v) is 2.46. The van der Waals surface area contributed by atoms with Crippen LogP contribution in [0.5, 0.6) is 0 Å². The van der Waals surface area contributed by atoms with Gasteiger partial charge in [0.05, 0.1) is 2.74 Å². The lowest BCUT2D eigenvalue weighted by atomic mass is 10.1. The van der Waals surface area contributed by atoms with Gasteiger partial charge in [-0.3, -0.25) is 0 Å². The van der Waals surface area contributed by atoms with E-state index < -0.39 is 0 Å². The van der Waals surface area contributed by atoms with E-state index in [2.05, 4.69) is 9.97 Å². The van der Waals surface area contributed by atoms with E-state index in [-0.39, 0.29) is 18.8 Å². The van der Waals surface area contributed by atoms with Crippen LogP contribution in [0.25, 0.3) is 11.4 Å². The highest BCUT2D eigenvalue weighted by Crippen LogP contribution is 2.21. The number of carbonyl (C=O) groups excluding carboxylic acids is 1. The van der Waals surface area contributed by atoms with Crippen LogP contribution in [-0.2, 0) is 11.2 Å². The summed E-state index contributed by atoms with van der Waals surface area (Å²) < 4.78 is 14.8. The van der Waals surface area contributed by atoms with Crippen LogP contribution in [0, 0.1) is 0 Å². The predicted octanol–water partition coefficient (Wildman–Crippen LogP) is 1.26. The second kappa shape index (κ2) is 2.77. The fourth-order valence-corrected chi connectivity index (χ4v) is 1.16. The van der Waals surface area contributed by atoms with Gasteiger partial charge in [0.1, 0.15) is 12.1 Å². The highest BCUT2D eigenvalue weighted by Gasteiger charge is 2.07. The Balaban J connectivity index is 2.64. The summed E-state index contributed by atoms with van der Waals surface area (Å²) in [7, 11) is 0. The number of aromatic amines is 1. The van der Waals surface area contributed by atoms with Crippen LogP contribution >= 0.6 is 0 Å². The van der Waals surface area contributed by atoms with Crippen molar-refractivity contribution in [3.63, 3.8) is 0 Å². The average molecular weight is 164 g/mol. The predicted molar refractivity (Wildman–Crippen MR) is 45.0 cm³/mol. The van der Waals surface area contributed by atoms with Crippen molar-refractivity contribution in [3.05, 3.63) is 30.0 Å². The number of carbonyl (C=O) groups is 1. The number of hydrogen-bond acceptors (Lipinski definition) is 2. The standard InChI is InChI=1S/C9H8N2O/c12-6-3-7-1-4-10-9-8(7)2-5-11-9/h1-2,4-6H,3H2,(H,10,11)/i4T,5T. The molecule has 0 bridgehead atoms. The van der Waals surface area contributed by atoms with Gasteiger partial charge in [-0.25, -0.2) is 4.98 Å². The number of hydrogen-bond donors (Lipinski definition) is 1. The summed E-state index contributed by atoms with van der Waals surface area (Å²) >= 11 is 0. The summed E-state index contributed by atoms with van der Waals surface area (Å²) in [5, 5.41) is 0. The van der Waals surface area contributed by atoms with Gasteiger partial charge in [0.25, 0.3) is 0 Å². The number of nitrogens with one attached hydrogen (secondary N) is 1. The summed E-state index contributed by atoms with van der Waals surface area (Å²) in [6.45, 7) is 0. The molecule has 12 heavy (non-hydrogen) atoms. The zero-order valence-corrected chi connectivity index (χ0v) is 6.29. The van der Waals surface area contributed by atoms with Gasteiger partial charge in [0.2, 0.25) is 0 Å². The first-order valence-corrected chi connectivity index (χ1v) is 3.60. The Morgan fingerprint density at radius 2 is 2.58 bits per heavy atom. The first kappa shape index (κ1) is 5.09. The molecule has 0 aromatic rings. The van der Waals surface area contributed by atoms with E-state index in [1.54, 1.807) is 12.1 Å². The zero-order valence-electron chi connectivity index (χ0n) is 8.29. The molecule has 3 heteroatoms. The van der Waals surface area contributed by atoms with Crippen LogP contribution in [-0.4, -0.2) is 16.3 Å². The van der Waals surface area contributed by atoms with Gasteiger partial charge < -0.3 is 9.78 Å². The molecular formula is C9H8N2O. The van der Waals surface area contributed by atoms with Gasteiger partial charge in [0.15, 0.2) is 0 Å². The van der Waals surface area contributed by atoms with Crippen LogP contribution in [0.4, 0.5) is 0 Å². The number of aldehydes is 1. The van der Waals surface area contributed by atoms with Gasteiger partial charge in [-0.05, 0) is 17.7 Å². The molecule has 2 heterocycles. The first-order valence-electron chi connectivity index (χ1n) is 4.60. The maximum Gasteiger partial charge on any atom is 0.137 e. The molecule has 0 atom stereocenters. The summed E-state index contributed by atoms with van der Waals surface area (Å²) in [6, 6.07) is 3.17. The van der Waals surface area contributed by atoms with Crippen LogP contribution in [0.3, 0.4) is 0 Å². The lowest BCUT2D eigenvalue weighted by Crippen LogP contribution is -1.92. The normalized spacial score (nSPS) is 12.7. The van der Waals surface area contributed by atoms with Crippen molar-refractivity contribution in [2.45, 2.75) is 6.42 Å². The van der Waals surface area contributed by atoms with E-state index in [1.165, 1.54) is 0 Å². The molecule has 0 aliphatic carbocycles. The molecule has 2 aliphatic heterocycles. The molecule has 0 aromatic carbocycles. The highest BCUT2D eigenvalue weighted by atomic mass is 16.1. The van der Waals surface area contributed by atoms with E-state index in [4.69, 9.17) is 2.74 Å². The van der Waals surface area contributed by atoms with Crippen LogP contribution in [0.2, 0.25) is 0 Å². The second-order valence-electron chi connectivity index (χ2n) is 2.46. The third-order valence-electron chi connectivity index (χ3n) is 1.73. The van der Waals surface area contributed by atoms with Crippen molar-refractivity contribution in [1.82, 2.24) is 9.97 Å². The first-order chi connectivity index (χ1) is 6.70. The van der Waals surface area contributed by atoms with Gasteiger partial charge >= 0.3 is 0 Å². The van der Waals surface area contributed by atoms with Crippen LogP contribution < -0.4 is 0 Å². The lowest BCUT2D eigenvalue weighted by molar-refractivity contribution is -0.107. The minimum Gasteiger partial charge on any atom is -0.346 e. The topological polar surface area (TPSA) is 45.8 Å². The lowest BCUT2D eigenvalue weighted by Gasteiger charge is -2.02. The van der Waals surface area contributed by atoms with Gasteiger partial charge in [-0.1, -0.05) is 0 Å². The molecule has 2 rings (SSSR count). The van der Waals surface area contributed by atoms with Crippen molar-refractivity contribution >= 4 is 6.29 Å². The molecule has 0 radical (unpaired) electrons. The number of pyridine rings is 1. The maximum absolute atomic E-state index is 10.4. The van der Waals surface area contributed by atoms with E-state index in [0.29, 0.717) is 5.82 Å². The third kappa shape index (κ3) is 0.993. The molecule has 0 fully saturated rings. The van der Waals surface area contributed by atoms with Gasteiger partial charge in [0, 0.05) is 24.3 Å². The number of fused-ring (bicyclic) bond motifs is 1. The Labute approximate surface area is 72.6 Å². The van der Waals surface area contributed by atoms with Crippen molar-refractivity contribution in [1.29, 1.82) is 0 Å². The van der Waals surface area contributed by atoms with E-state index in [1.807, 2.05) is 0 Å². The smallest absolute Gasteiger partial charge is 0.137 e. The molecule has 2 aliphatic rings. The molecule has 0 amide bonds. The third-order valence-corrected chi connectivity index (χ3v) is 1.73. The molecular weight excluding hydrogens is 152 g/mol. The van der Waals surface area contributed by atoms with E-state index in [9.17, 15) is 4.79 Å². The van der Waals surface area contributed by atoms with Crippen molar-refractivity contribution < 1.29 is 7.54 Å². The molecule has 1 N–H and O–H groups in total.